The van der Waals surface area contributed by atoms with Crippen molar-refractivity contribution in [2.75, 3.05) is 26.3 Å². The molecule has 2 aliphatic heterocycles. The minimum absolute atomic E-state index is 0.113. The van der Waals surface area contributed by atoms with Gasteiger partial charge >= 0.3 is 6.09 Å². The normalized spacial score (nSPS) is 18.5. The molecule has 2 fully saturated rings. The van der Waals surface area contributed by atoms with Crippen LogP contribution in [-0.2, 0) is 9.47 Å². The fourth-order valence-electron chi connectivity index (χ4n) is 3.91. The van der Waals surface area contributed by atoms with Crippen molar-refractivity contribution in [1.82, 2.24) is 14.9 Å². The Labute approximate surface area is 191 Å². The number of halogens is 1. The molecule has 0 unspecified atom stereocenters. The third-order valence-electron chi connectivity index (χ3n) is 5.58. The Balaban J connectivity index is 1.51. The first kappa shape index (κ1) is 22.4. The summed E-state index contributed by atoms with van der Waals surface area (Å²) in [5.41, 5.74) is 0.972. The summed E-state index contributed by atoms with van der Waals surface area (Å²) in [6.07, 6.45) is 4.78. The van der Waals surface area contributed by atoms with Gasteiger partial charge in [0.05, 0.1) is 16.8 Å². The van der Waals surface area contributed by atoms with Crippen molar-refractivity contribution in [3.8, 4) is 0 Å². The molecule has 2 aliphatic rings. The number of amides is 1. The van der Waals surface area contributed by atoms with E-state index in [1.807, 2.05) is 26.0 Å². The van der Waals surface area contributed by atoms with E-state index in [1.54, 1.807) is 11.1 Å². The van der Waals surface area contributed by atoms with E-state index in [0.29, 0.717) is 18.1 Å². The maximum Gasteiger partial charge on any atom is 0.410 e. The maximum absolute atomic E-state index is 12.2. The van der Waals surface area contributed by atoms with Gasteiger partial charge in [0.1, 0.15) is 5.03 Å². The molecular weight excluding hydrogens is 438 g/mol. The Bertz CT molecular complexity index is 875. The number of carbonyl (C=O) groups excluding carboxylic acids is 1. The highest BCUT2D eigenvalue weighted by Crippen LogP contribution is 2.40. The van der Waals surface area contributed by atoms with Crippen LogP contribution < -0.4 is 0 Å². The molecule has 4 rings (SSSR count). The van der Waals surface area contributed by atoms with E-state index in [4.69, 9.17) is 30.5 Å². The predicted molar refractivity (Wildman–Crippen MR) is 118 cm³/mol. The first-order valence-electron chi connectivity index (χ1n) is 10.8. The molecule has 9 heteroatoms. The summed E-state index contributed by atoms with van der Waals surface area (Å²) < 4.78 is 17.1. The van der Waals surface area contributed by atoms with Gasteiger partial charge in [-0.3, -0.25) is 0 Å². The van der Waals surface area contributed by atoms with Crippen LogP contribution in [-0.4, -0.2) is 53.4 Å². The van der Waals surface area contributed by atoms with E-state index in [-0.39, 0.29) is 24.0 Å². The van der Waals surface area contributed by atoms with Crippen molar-refractivity contribution < 1.29 is 18.7 Å². The van der Waals surface area contributed by atoms with Gasteiger partial charge in [-0.05, 0) is 63.4 Å². The summed E-state index contributed by atoms with van der Waals surface area (Å²) in [6.45, 7) is 6.51. The van der Waals surface area contributed by atoms with Gasteiger partial charge in [-0.25, -0.2) is 14.8 Å². The van der Waals surface area contributed by atoms with Crippen molar-refractivity contribution in [3.05, 3.63) is 34.9 Å². The number of rotatable bonds is 5. The van der Waals surface area contributed by atoms with Crippen molar-refractivity contribution in [3.63, 3.8) is 0 Å². The van der Waals surface area contributed by atoms with Crippen molar-refractivity contribution >= 4 is 29.5 Å². The van der Waals surface area contributed by atoms with Gasteiger partial charge in [-0.2, -0.15) is 0 Å². The molecule has 0 N–H and O–H groups in total. The summed E-state index contributed by atoms with van der Waals surface area (Å²) >= 11 is 7.46. The fraction of sp³-hybridized carbons (Fsp3) is 0.591. The quantitative estimate of drug-likeness (QED) is 0.577. The molecule has 31 heavy (non-hydrogen) atoms. The molecule has 0 aliphatic carbocycles. The van der Waals surface area contributed by atoms with Crippen LogP contribution in [0.3, 0.4) is 0 Å². The Morgan fingerprint density at radius 1 is 1.19 bits per heavy atom. The number of pyridine rings is 1. The number of ether oxygens (including phenoxy) is 2. The minimum atomic E-state index is -0.239. The van der Waals surface area contributed by atoms with Gasteiger partial charge in [0.15, 0.2) is 11.0 Å². The summed E-state index contributed by atoms with van der Waals surface area (Å²) in [5, 5.41) is 2.21. The number of nitrogens with zero attached hydrogens (tertiary/aromatic N) is 3. The number of aromatic nitrogens is 2. The number of likely N-dealkylation sites (tertiary alicyclic amines) is 1. The van der Waals surface area contributed by atoms with Crippen LogP contribution >= 0.6 is 23.4 Å². The smallest absolute Gasteiger partial charge is 0.410 e. The maximum atomic E-state index is 12.2. The topological polar surface area (TPSA) is 77.7 Å². The number of oxazole rings is 1. The van der Waals surface area contributed by atoms with Crippen LogP contribution in [0.1, 0.15) is 63.0 Å². The van der Waals surface area contributed by atoms with Gasteiger partial charge < -0.3 is 18.8 Å². The van der Waals surface area contributed by atoms with Crippen molar-refractivity contribution in [1.29, 1.82) is 0 Å². The van der Waals surface area contributed by atoms with Gasteiger partial charge in [-0.15, -0.1) is 0 Å². The minimum Gasteiger partial charge on any atom is -0.447 e. The average molecular weight is 466 g/mol. The average Bonchev–Trinajstić information content (AvgIpc) is 3.19. The summed E-state index contributed by atoms with van der Waals surface area (Å²) in [5.74, 6) is 1.30. The summed E-state index contributed by atoms with van der Waals surface area (Å²) in [4.78, 5) is 23.4. The number of hydrogen-bond acceptors (Lipinski definition) is 7. The zero-order chi connectivity index (χ0) is 21.8. The van der Waals surface area contributed by atoms with Crippen molar-refractivity contribution in [2.24, 2.45) is 0 Å². The Morgan fingerprint density at radius 3 is 2.58 bits per heavy atom. The highest BCUT2D eigenvalue weighted by Gasteiger charge is 2.32. The van der Waals surface area contributed by atoms with Gasteiger partial charge in [-0.1, -0.05) is 11.6 Å². The van der Waals surface area contributed by atoms with E-state index < -0.39 is 0 Å². The van der Waals surface area contributed by atoms with E-state index in [2.05, 4.69) is 4.98 Å². The molecule has 2 saturated heterocycles. The third-order valence-corrected chi connectivity index (χ3v) is 6.73. The highest BCUT2D eigenvalue weighted by atomic mass is 35.5. The zero-order valence-electron chi connectivity index (χ0n) is 17.9. The fourth-order valence-corrected chi connectivity index (χ4v) is 4.90. The Morgan fingerprint density at radius 2 is 1.94 bits per heavy atom. The molecule has 0 atom stereocenters. The molecule has 0 spiro atoms. The number of carbonyl (C=O) groups is 1. The largest absolute Gasteiger partial charge is 0.447 e. The summed E-state index contributed by atoms with van der Waals surface area (Å²) in [7, 11) is 0. The third kappa shape index (κ3) is 5.73. The first-order chi connectivity index (χ1) is 15.0. The van der Waals surface area contributed by atoms with Crippen LogP contribution in [0.25, 0.3) is 0 Å². The Hall–Kier alpha value is -1.77. The SMILES string of the molecule is CC(C)OC(=O)N1CCC(c2nc(C3CCOCC3)oc2Sc2ccc(Cl)cn2)CC1. The molecule has 0 saturated carbocycles. The second-order valence-electron chi connectivity index (χ2n) is 8.22. The van der Waals surface area contributed by atoms with Crippen LogP contribution in [0.15, 0.2) is 32.9 Å². The lowest BCUT2D eigenvalue weighted by Crippen LogP contribution is -2.39. The van der Waals surface area contributed by atoms with E-state index in [0.717, 1.165) is 60.6 Å². The second kappa shape index (κ2) is 10.2. The van der Waals surface area contributed by atoms with Crippen LogP contribution in [0.2, 0.25) is 5.02 Å². The molecule has 2 aromatic heterocycles. The van der Waals surface area contributed by atoms with Crippen LogP contribution in [0.5, 0.6) is 0 Å². The second-order valence-corrected chi connectivity index (χ2v) is 9.65. The highest BCUT2D eigenvalue weighted by molar-refractivity contribution is 7.99. The van der Waals surface area contributed by atoms with E-state index in [1.165, 1.54) is 11.8 Å². The van der Waals surface area contributed by atoms with Gasteiger partial charge in [0.2, 0.25) is 0 Å². The molecule has 2 aromatic rings. The molecular formula is C22H28ClN3O4S. The van der Waals surface area contributed by atoms with Crippen LogP contribution in [0.4, 0.5) is 4.79 Å². The molecule has 168 valence electrons. The predicted octanol–water partition coefficient (Wildman–Crippen LogP) is 5.49. The lowest BCUT2D eigenvalue weighted by molar-refractivity contribution is 0.0689. The zero-order valence-corrected chi connectivity index (χ0v) is 19.5. The lowest BCUT2D eigenvalue weighted by Gasteiger charge is -2.31. The molecule has 7 nitrogen and oxygen atoms in total. The van der Waals surface area contributed by atoms with Gasteiger partial charge in [0, 0.05) is 44.3 Å². The van der Waals surface area contributed by atoms with E-state index >= 15 is 0 Å². The number of hydrogen-bond donors (Lipinski definition) is 0. The van der Waals surface area contributed by atoms with Gasteiger partial charge in [0.25, 0.3) is 0 Å². The molecule has 1 amide bonds. The molecule has 0 aromatic carbocycles. The van der Waals surface area contributed by atoms with Crippen LogP contribution in [0, 0.1) is 0 Å². The van der Waals surface area contributed by atoms with E-state index in [9.17, 15) is 4.79 Å². The standard InChI is InChI=1S/C22H28ClN3O4S/c1-14(2)29-22(27)26-9-5-15(6-10-26)19-21(31-18-4-3-17(23)13-24-18)30-20(25-19)16-7-11-28-12-8-16/h3-4,13-16H,5-12H2,1-2H3. The molecule has 0 radical (unpaired) electrons. The Kier molecular flexibility index (Phi) is 7.40. The molecule has 4 heterocycles. The summed E-state index contributed by atoms with van der Waals surface area (Å²) in [6, 6.07) is 3.71. The number of piperidine rings is 1. The molecule has 0 bridgehead atoms. The first-order valence-corrected chi connectivity index (χ1v) is 12.0. The van der Waals surface area contributed by atoms with Crippen molar-refractivity contribution in [2.45, 2.75) is 67.6 Å². The monoisotopic (exact) mass is 465 g/mol. The lowest BCUT2D eigenvalue weighted by atomic mass is 9.94.